The Morgan fingerprint density at radius 1 is 1.00 bits per heavy atom. The highest BCUT2D eigenvalue weighted by molar-refractivity contribution is 7.98. The van der Waals surface area contributed by atoms with Gasteiger partial charge in [0.15, 0.2) is 0 Å². The van der Waals surface area contributed by atoms with Gasteiger partial charge in [-0.3, -0.25) is 9.59 Å². The van der Waals surface area contributed by atoms with Gasteiger partial charge in [-0.2, -0.15) is 23.5 Å². The van der Waals surface area contributed by atoms with Crippen LogP contribution in [-0.4, -0.2) is 65.0 Å². The summed E-state index contributed by atoms with van der Waals surface area (Å²) in [5, 5.41) is 14.4. The first-order chi connectivity index (χ1) is 11.2. The van der Waals surface area contributed by atoms with Crippen molar-refractivity contribution in [3.63, 3.8) is 0 Å². The van der Waals surface area contributed by atoms with Crippen molar-refractivity contribution in [2.45, 2.75) is 44.8 Å². The topological polar surface area (TPSA) is 122 Å². The molecule has 0 bridgehead atoms. The van der Waals surface area contributed by atoms with Gasteiger partial charge in [0.1, 0.15) is 12.1 Å². The molecule has 24 heavy (non-hydrogen) atoms. The number of hydrogen-bond acceptors (Lipinski definition) is 6. The Morgan fingerprint density at radius 2 is 1.54 bits per heavy atom. The zero-order valence-corrected chi connectivity index (χ0v) is 16.3. The first kappa shape index (κ1) is 23.1. The summed E-state index contributed by atoms with van der Waals surface area (Å²) in [5.41, 5.74) is 5.81. The fourth-order valence-electron chi connectivity index (χ4n) is 1.93. The average Bonchev–Trinajstić information content (AvgIpc) is 2.52. The number of carbonyl (C=O) groups excluding carboxylic acids is 2. The number of amides is 2. The van der Waals surface area contributed by atoms with Gasteiger partial charge in [-0.1, -0.05) is 13.8 Å². The van der Waals surface area contributed by atoms with Gasteiger partial charge < -0.3 is 21.5 Å². The molecule has 0 aliphatic heterocycles. The maximum Gasteiger partial charge on any atom is 0.326 e. The van der Waals surface area contributed by atoms with Gasteiger partial charge >= 0.3 is 5.97 Å². The summed E-state index contributed by atoms with van der Waals surface area (Å²) >= 11 is 3.10. The SMILES string of the molecule is CSCC[C@H](N)C(=O)N[C@H](C(=O)N[C@H](CCSC)C(=O)O)C(C)C. The summed E-state index contributed by atoms with van der Waals surface area (Å²) in [6.45, 7) is 3.57. The van der Waals surface area contributed by atoms with E-state index in [0.29, 0.717) is 18.6 Å². The van der Waals surface area contributed by atoms with Gasteiger partial charge in [0, 0.05) is 0 Å². The van der Waals surface area contributed by atoms with Crippen molar-refractivity contribution in [2.24, 2.45) is 11.7 Å². The van der Waals surface area contributed by atoms with Crippen molar-refractivity contribution in [2.75, 3.05) is 24.0 Å². The lowest BCUT2D eigenvalue weighted by Gasteiger charge is -2.25. The fraction of sp³-hybridized carbons (Fsp3) is 0.800. The molecule has 0 aromatic heterocycles. The second-order valence-electron chi connectivity index (χ2n) is 5.80. The van der Waals surface area contributed by atoms with Crippen LogP contribution in [0.15, 0.2) is 0 Å². The first-order valence-corrected chi connectivity index (χ1v) is 10.6. The van der Waals surface area contributed by atoms with Crippen molar-refractivity contribution in [3.8, 4) is 0 Å². The third-order valence-corrected chi connectivity index (χ3v) is 4.73. The Balaban J connectivity index is 4.81. The molecule has 0 aliphatic carbocycles. The number of carboxylic acid groups (broad SMARTS) is 1. The summed E-state index contributed by atoms with van der Waals surface area (Å²) in [7, 11) is 0. The lowest BCUT2D eigenvalue weighted by atomic mass is 10.0. The molecule has 0 spiro atoms. The largest absolute Gasteiger partial charge is 0.480 e. The predicted octanol–water partition coefficient (Wildman–Crippen LogP) is 0.530. The number of nitrogens with one attached hydrogen (secondary N) is 2. The van der Waals surface area contributed by atoms with Crippen LogP contribution in [0.5, 0.6) is 0 Å². The molecule has 3 atom stereocenters. The van der Waals surface area contributed by atoms with Crippen LogP contribution < -0.4 is 16.4 Å². The molecule has 0 unspecified atom stereocenters. The summed E-state index contributed by atoms with van der Waals surface area (Å²) in [4.78, 5) is 35.8. The summed E-state index contributed by atoms with van der Waals surface area (Å²) in [6, 6.07) is -2.46. The Hall–Kier alpha value is -0.930. The quantitative estimate of drug-likeness (QED) is 0.390. The Kier molecular flexibility index (Phi) is 12.0. The highest BCUT2D eigenvalue weighted by Gasteiger charge is 2.29. The van der Waals surface area contributed by atoms with Gasteiger partial charge in [0.05, 0.1) is 6.04 Å². The van der Waals surface area contributed by atoms with Crippen LogP contribution in [0.3, 0.4) is 0 Å². The van der Waals surface area contributed by atoms with Crippen molar-refractivity contribution >= 4 is 41.3 Å². The average molecular weight is 380 g/mol. The van der Waals surface area contributed by atoms with Crippen LogP contribution in [-0.2, 0) is 14.4 Å². The van der Waals surface area contributed by atoms with E-state index in [0.717, 1.165) is 5.75 Å². The minimum Gasteiger partial charge on any atom is -0.480 e. The molecule has 0 heterocycles. The van der Waals surface area contributed by atoms with Crippen LogP contribution in [0.4, 0.5) is 0 Å². The van der Waals surface area contributed by atoms with Crippen LogP contribution >= 0.6 is 23.5 Å². The maximum absolute atomic E-state index is 12.4. The number of thioether (sulfide) groups is 2. The fourth-order valence-corrected chi connectivity index (χ4v) is 2.89. The van der Waals surface area contributed by atoms with E-state index in [1.54, 1.807) is 25.6 Å². The van der Waals surface area contributed by atoms with E-state index in [2.05, 4.69) is 10.6 Å². The van der Waals surface area contributed by atoms with E-state index in [1.807, 2.05) is 12.5 Å². The van der Waals surface area contributed by atoms with Crippen LogP contribution in [0, 0.1) is 5.92 Å². The predicted molar refractivity (Wildman–Crippen MR) is 100 cm³/mol. The Labute approximate surface area is 152 Å². The van der Waals surface area contributed by atoms with E-state index < -0.39 is 35.9 Å². The van der Waals surface area contributed by atoms with E-state index >= 15 is 0 Å². The zero-order valence-electron chi connectivity index (χ0n) is 14.7. The molecule has 0 aromatic rings. The standard InChI is InChI=1S/C15H29N3O4S2/c1-9(2)12(18-13(19)10(16)5-7-23-3)14(20)17-11(15(21)22)6-8-24-4/h9-12H,5-8,16H2,1-4H3,(H,17,20)(H,18,19)(H,21,22)/t10-,11+,12-/m0/s1. The molecule has 0 aliphatic rings. The monoisotopic (exact) mass is 379 g/mol. The lowest BCUT2D eigenvalue weighted by molar-refractivity contribution is -0.142. The summed E-state index contributed by atoms with van der Waals surface area (Å²) < 4.78 is 0. The van der Waals surface area contributed by atoms with Gasteiger partial charge in [-0.05, 0) is 42.8 Å². The van der Waals surface area contributed by atoms with Gasteiger partial charge in [-0.25, -0.2) is 4.79 Å². The number of hydrogen-bond donors (Lipinski definition) is 4. The molecule has 0 saturated heterocycles. The van der Waals surface area contributed by atoms with Crippen molar-refractivity contribution in [1.82, 2.24) is 10.6 Å². The highest BCUT2D eigenvalue weighted by Crippen LogP contribution is 2.07. The molecule has 2 amide bonds. The second-order valence-corrected chi connectivity index (χ2v) is 7.77. The van der Waals surface area contributed by atoms with E-state index in [4.69, 9.17) is 5.73 Å². The molecule has 0 rings (SSSR count). The maximum atomic E-state index is 12.4. The molecule has 0 radical (unpaired) electrons. The molecule has 7 nitrogen and oxygen atoms in total. The molecule has 0 fully saturated rings. The molecule has 0 saturated carbocycles. The molecule has 5 N–H and O–H groups in total. The van der Waals surface area contributed by atoms with E-state index in [1.165, 1.54) is 11.8 Å². The van der Waals surface area contributed by atoms with Crippen LogP contribution in [0.1, 0.15) is 26.7 Å². The van der Waals surface area contributed by atoms with E-state index in [9.17, 15) is 19.5 Å². The van der Waals surface area contributed by atoms with Crippen molar-refractivity contribution in [1.29, 1.82) is 0 Å². The smallest absolute Gasteiger partial charge is 0.326 e. The van der Waals surface area contributed by atoms with Crippen LogP contribution in [0.2, 0.25) is 0 Å². The Morgan fingerprint density at radius 3 is 2.00 bits per heavy atom. The zero-order chi connectivity index (χ0) is 18.7. The number of aliphatic carboxylic acids is 1. The van der Waals surface area contributed by atoms with E-state index in [-0.39, 0.29) is 5.92 Å². The van der Waals surface area contributed by atoms with Crippen LogP contribution in [0.25, 0.3) is 0 Å². The molecule has 140 valence electrons. The van der Waals surface area contributed by atoms with Gasteiger partial charge in [0.25, 0.3) is 0 Å². The number of carbonyl (C=O) groups is 3. The summed E-state index contributed by atoms with van der Waals surface area (Å²) in [5.74, 6) is -0.782. The summed E-state index contributed by atoms with van der Waals surface area (Å²) in [6.07, 6.45) is 4.64. The van der Waals surface area contributed by atoms with Gasteiger partial charge in [0.2, 0.25) is 11.8 Å². The molecule has 9 heteroatoms. The number of nitrogens with two attached hydrogens (primary N) is 1. The van der Waals surface area contributed by atoms with Gasteiger partial charge in [-0.15, -0.1) is 0 Å². The third-order valence-electron chi connectivity index (χ3n) is 3.44. The second kappa shape index (κ2) is 12.4. The minimum absolute atomic E-state index is 0.184. The Bertz CT molecular complexity index is 422. The lowest BCUT2D eigenvalue weighted by Crippen LogP contribution is -2.56. The number of rotatable bonds is 12. The molecule has 0 aromatic carbocycles. The van der Waals surface area contributed by atoms with Crippen molar-refractivity contribution in [3.05, 3.63) is 0 Å². The van der Waals surface area contributed by atoms with Crippen molar-refractivity contribution < 1.29 is 19.5 Å². The first-order valence-electron chi connectivity index (χ1n) is 7.81. The highest BCUT2D eigenvalue weighted by atomic mass is 32.2. The number of carboxylic acids is 1. The minimum atomic E-state index is -1.08. The molecular formula is C15H29N3O4S2. The third kappa shape index (κ3) is 8.79. The molecular weight excluding hydrogens is 350 g/mol. The normalized spacial score (nSPS) is 14.8.